The summed E-state index contributed by atoms with van der Waals surface area (Å²) in [5, 5.41) is 9.05. The van der Waals surface area contributed by atoms with Crippen molar-refractivity contribution in [3.8, 4) is 17.4 Å². The molecule has 0 saturated heterocycles. The predicted molar refractivity (Wildman–Crippen MR) is 114 cm³/mol. The number of aromatic nitrogens is 2. The third-order valence-corrected chi connectivity index (χ3v) is 5.64. The average Bonchev–Trinajstić information content (AvgIpc) is 2.74. The number of nitrogens with one attached hydrogen (secondary N) is 2. The molecule has 1 unspecified atom stereocenters. The fraction of sp³-hybridized carbons (Fsp3) is 0.190. The van der Waals surface area contributed by atoms with Gasteiger partial charge in [0.25, 0.3) is 11.8 Å². The zero-order valence-corrected chi connectivity index (χ0v) is 18.6. The van der Waals surface area contributed by atoms with E-state index >= 15 is 0 Å². The first-order valence-electron chi connectivity index (χ1n) is 9.46. The Hall–Kier alpha value is -3.74. The number of anilines is 1. The number of amides is 1. The average molecular weight is 498 g/mol. The molecule has 1 amide bonds. The number of rotatable bonds is 7. The predicted octanol–water partition coefficient (Wildman–Crippen LogP) is 5.19. The maximum atomic E-state index is 13.4. The van der Waals surface area contributed by atoms with E-state index in [0.29, 0.717) is 0 Å². The fourth-order valence-corrected chi connectivity index (χ4v) is 3.59. The van der Waals surface area contributed by atoms with Crippen molar-refractivity contribution in [2.24, 2.45) is 0 Å². The van der Waals surface area contributed by atoms with E-state index in [1.165, 1.54) is 54.8 Å². The van der Waals surface area contributed by atoms with Gasteiger partial charge in [0.2, 0.25) is 6.86 Å². The summed E-state index contributed by atoms with van der Waals surface area (Å²) < 4.78 is 82.3. The molecule has 0 aliphatic rings. The molecular formula is C21H18F4N4O4S. The van der Waals surface area contributed by atoms with Crippen LogP contribution < -0.4 is 14.8 Å². The van der Waals surface area contributed by atoms with Gasteiger partial charge in [-0.25, -0.2) is 13.4 Å². The van der Waals surface area contributed by atoms with Crippen molar-refractivity contribution in [3.63, 3.8) is 0 Å². The minimum absolute atomic E-state index is 0.0793. The van der Waals surface area contributed by atoms with Crippen LogP contribution in [0.2, 0.25) is 0 Å². The molecule has 0 bridgehead atoms. The summed E-state index contributed by atoms with van der Waals surface area (Å²) in [4.78, 5) is 13.1. The minimum Gasteiger partial charge on any atom is -0.463 e. The molecule has 0 saturated carbocycles. The number of benzene rings is 2. The van der Waals surface area contributed by atoms with Crippen LogP contribution >= 0.6 is 0 Å². The summed E-state index contributed by atoms with van der Waals surface area (Å²) in [7, 11) is -3.10. The molecule has 34 heavy (non-hydrogen) atoms. The molecule has 8 nitrogen and oxygen atoms in total. The van der Waals surface area contributed by atoms with E-state index in [4.69, 9.17) is 9.52 Å². The fourth-order valence-electron chi connectivity index (χ4n) is 2.90. The highest BCUT2D eigenvalue weighted by Gasteiger charge is 2.38. The number of ether oxygens (including phenoxy) is 2. The highest BCUT2D eigenvalue weighted by atomic mass is 32.2. The molecule has 1 aromatic heterocycles. The normalized spacial score (nSPS) is 13.1. The molecule has 0 spiro atoms. The summed E-state index contributed by atoms with van der Waals surface area (Å²) >= 11 is 0. The zero-order valence-electron chi connectivity index (χ0n) is 17.8. The molecule has 2 aromatic carbocycles. The van der Waals surface area contributed by atoms with E-state index in [-0.39, 0.29) is 22.1 Å². The lowest BCUT2D eigenvalue weighted by atomic mass is 10.1. The summed E-state index contributed by atoms with van der Waals surface area (Å²) in [6, 6.07) is 11.0. The maximum absolute atomic E-state index is 13.4. The monoisotopic (exact) mass is 498 g/mol. The molecule has 13 heteroatoms. The van der Waals surface area contributed by atoms with Gasteiger partial charge in [-0.3, -0.25) is 4.79 Å². The highest BCUT2D eigenvalue weighted by Crippen LogP contribution is 2.35. The topological polar surface area (TPSA) is 114 Å². The molecule has 0 fully saturated rings. The molecule has 3 aromatic rings. The maximum Gasteiger partial charge on any atom is 0.435 e. The van der Waals surface area contributed by atoms with Gasteiger partial charge in [0.15, 0.2) is 5.69 Å². The number of alkyl halides is 4. The van der Waals surface area contributed by atoms with Gasteiger partial charge in [0.1, 0.15) is 17.1 Å². The summed E-state index contributed by atoms with van der Waals surface area (Å²) in [6.07, 6.45) is -3.69. The highest BCUT2D eigenvalue weighted by molar-refractivity contribution is 7.91. The second-order valence-corrected chi connectivity index (χ2v) is 9.16. The van der Waals surface area contributed by atoms with Crippen LogP contribution in [0.3, 0.4) is 0 Å². The zero-order chi connectivity index (χ0) is 25.1. The largest absolute Gasteiger partial charge is 0.463 e. The van der Waals surface area contributed by atoms with Gasteiger partial charge >= 0.3 is 6.18 Å². The molecule has 180 valence electrons. The Balaban J connectivity index is 2.01. The van der Waals surface area contributed by atoms with Gasteiger partial charge in [-0.15, -0.1) is 10.2 Å². The number of hydrogen-bond donors (Lipinski definition) is 2. The molecule has 0 aliphatic heterocycles. The van der Waals surface area contributed by atoms with Crippen molar-refractivity contribution >= 4 is 21.3 Å². The van der Waals surface area contributed by atoms with Crippen LogP contribution in [0.25, 0.3) is 0 Å². The summed E-state index contributed by atoms with van der Waals surface area (Å²) in [6.45, 7) is -0.000939. The standard InChI is InChI=1S/C21H18F4N4O4S/c1-12-17(19(30)27-13-4-3-5-16(10-13)34(2,26)31)20(29-28-18(12)21(23,24)25)33-15-8-6-14(7-9-15)32-11-22/h3-10,26H,11H2,1-2H3,(H,27,30). The van der Waals surface area contributed by atoms with Crippen molar-refractivity contribution < 1.29 is 36.0 Å². The number of halogens is 4. The van der Waals surface area contributed by atoms with Crippen molar-refractivity contribution in [2.75, 3.05) is 18.4 Å². The van der Waals surface area contributed by atoms with Crippen LogP contribution in [0.5, 0.6) is 17.4 Å². The third kappa shape index (κ3) is 5.78. The Bertz CT molecular complexity index is 1310. The van der Waals surface area contributed by atoms with Crippen LogP contribution in [0.1, 0.15) is 21.6 Å². The van der Waals surface area contributed by atoms with Crippen LogP contribution in [0.15, 0.2) is 53.4 Å². The van der Waals surface area contributed by atoms with E-state index in [1.807, 2.05) is 0 Å². The molecule has 2 N–H and O–H groups in total. The Morgan fingerprint density at radius 3 is 2.35 bits per heavy atom. The molecule has 1 heterocycles. The van der Waals surface area contributed by atoms with Crippen LogP contribution in [0.4, 0.5) is 23.2 Å². The van der Waals surface area contributed by atoms with E-state index in [2.05, 4.69) is 20.3 Å². The Kier molecular flexibility index (Phi) is 7.05. The summed E-state index contributed by atoms with van der Waals surface area (Å²) in [5.74, 6) is -1.23. The van der Waals surface area contributed by atoms with E-state index < -0.39 is 51.4 Å². The van der Waals surface area contributed by atoms with E-state index in [1.54, 1.807) is 0 Å². The quantitative estimate of drug-likeness (QED) is 0.434. The SMILES string of the molecule is Cc1c(C(F)(F)F)nnc(Oc2ccc(OCF)cc2)c1C(=O)Nc1cccc(S(C)(=N)=O)c1. The van der Waals surface area contributed by atoms with Gasteiger partial charge in [0, 0.05) is 16.8 Å². The lowest BCUT2D eigenvalue weighted by molar-refractivity contribution is -0.142. The van der Waals surface area contributed by atoms with Gasteiger partial charge in [-0.1, -0.05) is 6.07 Å². The van der Waals surface area contributed by atoms with Gasteiger partial charge in [-0.2, -0.15) is 13.2 Å². The Morgan fingerprint density at radius 2 is 1.76 bits per heavy atom. The summed E-state index contributed by atoms with van der Waals surface area (Å²) in [5.41, 5.74) is -2.32. The Morgan fingerprint density at radius 1 is 1.12 bits per heavy atom. The minimum atomic E-state index is -4.88. The first-order valence-corrected chi connectivity index (χ1v) is 11.4. The first-order chi connectivity index (χ1) is 15.9. The lowest BCUT2D eigenvalue weighted by Crippen LogP contribution is -2.21. The van der Waals surface area contributed by atoms with Gasteiger partial charge in [0.05, 0.1) is 9.73 Å². The first kappa shape index (κ1) is 24.9. The number of nitrogens with zero attached hydrogens (tertiary/aromatic N) is 2. The van der Waals surface area contributed by atoms with Crippen molar-refractivity contribution in [2.45, 2.75) is 18.0 Å². The second kappa shape index (κ2) is 9.63. The molecule has 1 atom stereocenters. The third-order valence-electron chi connectivity index (χ3n) is 4.48. The van der Waals surface area contributed by atoms with Crippen molar-refractivity contribution in [3.05, 3.63) is 65.4 Å². The molecule has 0 aliphatic carbocycles. The van der Waals surface area contributed by atoms with Gasteiger partial charge in [-0.05, 0) is 55.0 Å². The molecular weight excluding hydrogens is 480 g/mol. The smallest absolute Gasteiger partial charge is 0.435 e. The lowest BCUT2D eigenvalue weighted by Gasteiger charge is -2.16. The molecule has 0 radical (unpaired) electrons. The van der Waals surface area contributed by atoms with Gasteiger partial charge < -0.3 is 14.8 Å². The van der Waals surface area contributed by atoms with Crippen molar-refractivity contribution in [1.82, 2.24) is 10.2 Å². The van der Waals surface area contributed by atoms with E-state index in [0.717, 1.165) is 6.92 Å². The number of carbonyl (C=O) groups excluding carboxylic acids is 1. The van der Waals surface area contributed by atoms with E-state index in [9.17, 15) is 26.6 Å². The van der Waals surface area contributed by atoms with Crippen LogP contribution in [0, 0.1) is 11.7 Å². The second-order valence-electron chi connectivity index (χ2n) is 7.00. The van der Waals surface area contributed by atoms with Crippen molar-refractivity contribution in [1.29, 1.82) is 4.78 Å². The molecule has 3 rings (SSSR count). The Labute approximate surface area is 191 Å². The number of hydrogen-bond acceptors (Lipinski definition) is 7. The van der Waals surface area contributed by atoms with Crippen LogP contribution in [-0.2, 0) is 15.9 Å². The van der Waals surface area contributed by atoms with Crippen LogP contribution in [-0.4, -0.2) is 33.4 Å². The number of carbonyl (C=O) groups is 1.